The van der Waals surface area contributed by atoms with Crippen LogP contribution in [0.4, 0.5) is 0 Å². The molecule has 0 spiro atoms. The maximum Gasteiger partial charge on any atom is 0.309 e. The third-order valence-electron chi connectivity index (χ3n) is 3.73. The molecule has 0 unspecified atom stereocenters. The molecule has 100 valence electrons. The van der Waals surface area contributed by atoms with Crippen molar-refractivity contribution in [3.8, 4) is 0 Å². The van der Waals surface area contributed by atoms with Crippen LogP contribution in [-0.4, -0.2) is 16.1 Å². The molecule has 1 aliphatic carbocycles. The number of hydrogen-bond acceptors (Lipinski definition) is 3. The minimum absolute atomic E-state index is 0.519. The van der Waals surface area contributed by atoms with Crippen LogP contribution in [0.5, 0.6) is 0 Å². The summed E-state index contributed by atoms with van der Waals surface area (Å²) in [5.41, 5.74) is 0.214. The topological polar surface area (TPSA) is 50.2 Å². The molecule has 1 saturated carbocycles. The van der Waals surface area contributed by atoms with E-state index >= 15 is 0 Å². The molecule has 0 radical (unpaired) electrons. The number of carbonyl (C=O) groups is 1. The van der Waals surface area contributed by atoms with Crippen LogP contribution < -0.4 is 0 Å². The van der Waals surface area contributed by atoms with Gasteiger partial charge in [-0.15, -0.1) is 11.3 Å². The van der Waals surface area contributed by atoms with Crippen LogP contribution in [0.15, 0.2) is 5.38 Å². The Kier molecular flexibility index (Phi) is 4.05. The van der Waals surface area contributed by atoms with Crippen LogP contribution in [0.25, 0.3) is 0 Å². The smallest absolute Gasteiger partial charge is 0.309 e. The lowest BCUT2D eigenvalue weighted by molar-refractivity contribution is -0.146. The fourth-order valence-electron chi connectivity index (χ4n) is 2.47. The van der Waals surface area contributed by atoms with Gasteiger partial charge in [0.05, 0.1) is 16.1 Å². The highest BCUT2D eigenvalue weighted by molar-refractivity contribution is 7.09. The number of nitrogens with zero attached hydrogens (tertiary/aromatic N) is 1. The van der Waals surface area contributed by atoms with Crippen molar-refractivity contribution in [2.45, 2.75) is 58.3 Å². The lowest BCUT2D eigenvalue weighted by Gasteiger charge is -2.19. The van der Waals surface area contributed by atoms with Crippen molar-refractivity contribution < 1.29 is 9.90 Å². The molecule has 0 aromatic carbocycles. The van der Waals surface area contributed by atoms with Crippen molar-refractivity contribution in [3.63, 3.8) is 0 Å². The van der Waals surface area contributed by atoms with Crippen LogP contribution in [0.2, 0.25) is 0 Å². The molecule has 1 aromatic heterocycles. The van der Waals surface area contributed by atoms with E-state index in [-0.39, 0.29) is 0 Å². The van der Waals surface area contributed by atoms with E-state index in [4.69, 9.17) is 5.11 Å². The number of carboxylic acids is 1. The lowest BCUT2D eigenvalue weighted by atomic mass is 9.88. The Hall–Kier alpha value is -0.900. The predicted molar refractivity (Wildman–Crippen MR) is 73.1 cm³/mol. The van der Waals surface area contributed by atoms with Crippen LogP contribution in [-0.2, 0) is 11.2 Å². The van der Waals surface area contributed by atoms with Crippen molar-refractivity contribution in [2.24, 2.45) is 5.41 Å². The van der Waals surface area contributed by atoms with Crippen molar-refractivity contribution in [1.29, 1.82) is 0 Å². The zero-order chi connectivity index (χ0) is 13.2. The molecule has 4 heteroatoms. The largest absolute Gasteiger partial charge is 0.481 e. The average Bonchev–Trinajstić information content (AvgIpc) is 2.78. The first kappa shape index (κ1) is 13.5. The van der Waals surface area contributed by atoms with Gasteiger partial charge >= 0.3 is 5.97 Å². The third kappa shape index (κ3) is 3.10. The van der Waals surface area contributed by atoms with Crippen LogP contribution in [0.1, 0.15) is 62.6 Å². The van der Waals surface area contributed by atoms with Gasteiger partial charge in [-0.3, -0.25) is 4.79 Å². The molecule has 0 amide bonds. The maximum absolute atomic E-state index is 11.1. The van der Waals surface area contributed by atoms with E-state index in [2.05, 4.69) is 4.98 Å². The van der Waals surface area contributed by atoms with Crippen molar-refractivity contribution in [2.75, 3.05) is 0 Å². The highest BCUT2D eigenvalue weighted by atomic mass is 32.1. The number of aromatic nitrogens is 1. The number of aliphatic carboxylic acids is 1. The Morgan fingerprint density at radius 1 is 1.44 bits per heavy atom. The summed E-state index contributed by atoms with van der Waals surface area (Å²) in [5.74, 6) is -0.139. The van der Waals surface area contributed by atoms with Gasteiger partial charge < -0.3 is 5.11 Å². The summed E-state index contributed by atoms with van der Waals surface area (Å²) in [6, 6.07) is 0. The summed E-state index contributed by atoms with van der Waals surface area (Å²) < 4.78 is 0. The van der Waals surface area contributed by atoms with Gasteiger partial charge in [0, 0.05) is 17.7 Å². The number of thiazole rings is 1. The Morgan fingerprint density at radius 3 is 2.72 bits per heavy atom. The second kappa shape index (κ2) is 5.39. The van der Waals surface area contributed by atoms with Gasteiger partial charge in [0.15, 0.2) is 0 Å². The number of hydrogen-bond donors (Lipinski definition) is 1. The molecule has 1 heterocycles. The zero-order valence-electron chi connectivity index (χ0n) is 11.1. The van der Waals surface area contributed by atoms with E-state index in [1.165, 1.54) is 37.1 Å². The fourth-order valence-corrected chi connectivity index (χ4v) is 3.46. The summed E-state index contributed by atoms with van der Waals surface area (Å²) in [6.07, 6.45) is 6.97. The van der Waals surface area contributed by atoms with Gasteiger partial charge in [-0.1, -0.05) is 19.3 Å². The molecule has 2 rings (SSSR count). The van der Waals surface area contributed by atoms with Crippen LogP contribution in [0.3, 0.4) is 0 Å². The first-order valence-electron chi connectivity index (χ1n) is 6.67. The van der Waals surface area contributed by atoms with E-state index in [0.717, 1.165) is 5.69 Å². The second-order valence-electron chi connectivity index (χ2n) is 5.88. The van der Waals surface area contributed by atoms with E-state index in [0.29, 0.717) is 12.3 Å². The standard InChI is InChI=1S/C14H21NO2S/c1-14(2,13(16)17)8-11-9-18-12(15-11)10-6-4-3-5-7-10/h9-10H,3-8H2,1-2H3,(H,16,17). The van der Waals surface area contributed by atoms with Gasteiger partial charge in [0.1, 0.15) is 0 Å². The monoisotopic (exact) mass is 267 g/mol. The third-order valence-corrected chi connectivity index (χ3v) is 4.78. The van der Waals surface area contributed by atoms with Gasteiger partial charge in [0.25, 0.3) is 0 Å². The predicted octanol–water partition coefficient (Wildman–Crippen LogP) is 3.84. The number of carboxylic acid groups (broad SMARTS) is 1. The quantitative estimate of drug-likeness (QED) is 0.901. The van der Waals surface area contributed by atoms with E-state index in [9.17, 15) is 4.79 Å². The summed E-state index contributed by atoms with van der Waals surface area (Å²) in [6.45, 7) is 3.52. The normalized spacial score (nSPS) is 17.9. The summed E-state index contributed by atoms with van der Waals surface area (Å²) in [7, 11) is 0. The molecule has 3 nitrogen and oxygen atoms in total. The molecule has 0 saturated heterocycles. The first-order valence-corrected chi connectivity index (χ1v) is 7.55. The van der Waals surface area contributed by atoms with Crippen molar-refractivity contribution >= 4 is 17.3 Å². The maximum atomic E-state index is 11.1. The molecular formula is C14H21NO2S. The Bertz CT molecular complexity index is 419. The Morgan fingerprint density at radius 2 is 2.11 bits per heavy atom. The molecule has 1 aromatic rings. The number of rotatable bonds is 4. The van der Waals surface area contributed by atoms with Crippen LogP contribution in [0, 0.1) is 5.41 Å². The highest BCUT2D eigenvalue weighted by Crippen LogP contribution is 2.35. The van der Waals surface area contributed by atoms with Gasteiger partial charge in [-0.05, 0) is 26.7 Å². The van der Waals surface area contributed by atoms with Gasteiger partial charge in [-0.25, -0.2) is 4.98 Å². The van der Waals surface area contributed by atoms with Crippen LogP contribution >= 0.6 is 11.3 Å². The summed E-state index contributed by atoms with van der Waals surface area (Å²) >= 11 is 1.70. The average molecular weight is 267 g/mol. The molecule has 18 heavy (non-hydrogen) atoms. The molecule has 0 aliphatic heterocycles. The molecule has 0 bridgehead atoms. The molecule has 1 aliphatic rings. The SMILES string of the molecule is CC(C)(Cc1csc(C2CCCCC2)n1)C(=O)O. The van der Waals surface area contributed by atoms with E-state index < -0.39 is 11.4 Å². The van der Waals surface area contributed by atoms with Crippen molar-refractivity contribution in [3.05, 3.63) is 16.1 Å². The van der Waals surface area contributed by atoms with E-state index in [1.807, 2.05) is 5.38 Å². The molecule has 0 atom stereocenters. The summed E-state index contributed by atoms with van der Waals surface area (Å²) in [4.78, 5) is 15.8. The second-order valence-corrected chi connectivity index (χ2v) is 6.77. The lowest BCUT2D eigenvalue weighted by Crippen LogP contribution is -2.26. The Balaban J connectivity index is 2.03. The van der Waals surface area contributed by atoms with Crippen molar-refractivity contribution in [1.82, 2.24) is 4.98 Å². The zero-order valence-corrected chi connectivity index (χ0v) is 11.9. The summed E-state index contributed by atoms with van der Waals surface area (Å²) in [5, 5.41) is 12.4. The first-order chi connectivity index (χ1) is 8.49. The van der Waals surface area contributed by atoms with Gasteiger partial charge in [0.2, 0.25) is 0 Å². The fraction of sp³-hybridized carbons (Fsp3) is 0.714. The Labute approximate surface area is 112 Å². The molecule has 1 N–H and O–H groups in total. The molecule has 1 fully saturated rings. The minimum Gasteiger partial charge on any atom is -0.481 e. The van der Waals surface area contributed by atoms with Gasteiger partial charge in [-0.2, -0.15) is 0 Å². The van der Waals surface area contributed by atoms with E-state index in [1.54, 1.807) is 25.2 Å². The highest BCUT2D eigenvalue weighted by Gasteiger charge is 2.29. The minimum atomic E-state index is -0.755. The molecular weight excluding hydrogens is 246 g/mol.